The fourth-order valence-corrected chi connectivity index (χ4v) is 6.48. The van der Waals surface area contributed by atoms with Crippen LogP contribution in [0.3, 0.4) is 0 Å². The van der Waals surface area contributed by atoms with Gasteiger partial charge in [-0.1, -0.05) is 18.3 Å². The molecule has 0 aromatic carbocycles. The predicted octanol–water partition coefficient (Wildman–Crippen LogP) is 5.15. The molecule has 0 radical (unpaired) electrons. The van der Waals surface area contributed by atoms with Gasteiger partial charge in [0.15, 0.2) is 10.8 Å². The van der Waals surface area contributed by atoms with Gasteiger partial charge in [-0.25, -0.2) is 9.78 Å². The van der Waals surface area contributed by atoms with E-state index in [1.807, 2.05) is 44.0 Å². The minimum atomic E-state index is -0.510. The van der Waals surface area contributed by atoms with Crippen LogP contribution < -0.4 is 9.80 Å². The average molecular weight is 592 g/mol. The van der Waals surface area contributed by atoms with Crippen LogP contribution in [0.25, 0.3) is 10.7 Å². The summed E-state index contributed by atoms with van der Waals surface area (Å²) in [5, 5.41) is 19.7. The maximum Gasteiger partial charge on any atom is 0.410 e. The highest BCUT2D eigenvalue weighted by atomic mass is 32.1. The zero-order valence-corrected chi connectivity index (χ0v) is 25.9. The Morgan fingerprint density at radius 3 is 2.50 bits per heavy atom. The van der Waals surface area contributed by atoms with Crippen molar-refractivity contribution in [1.82, 2.24) is 35.3 Å². The number of anilines is 2. The molecule has 1 amide bonds. The van der Waals surface area contributed by atoms with Crippen molar-refractivity contribution >= 4 is 29.1 Å². The largest absolute Gasteiger partial charge is 0.444 e. The Bertz CT molecular complexity index is 1370. The summed E-state index contributed by atoms with van der Waals surface area (Å²) in [6, 6.07) is 4.16. The molecule has 0 N–H and O–H groups in total. The number of carbonyl (C=O) groups excluding carboxylic acids is 1. The molecule has 1 saturated carbocycles. The average Bonchev–Trinajstić information content (AvgIpc) is 3.41. The third kappa shape index (κ3) is 6.79. The molecular formula is C30H41N9O2S. The molecule has 0 bridgehead atoms. The maximum absolute atomic E-state index is 13.1. The van der Waals surface area contributed by atoms with Gasteiger partial charge in [-0.2, -0.15) is 5.10 Å². The molecule has 3 aromatic heterocycles. The van der Waals surface area contributed by atoms with Crippen molar-refractivity contribution < 1.29 is 9.53 Å². The van der Waals surface area contributed by atoms with E-state index < -0.39 is 5.60 Å². The van der Waals surface area contributed by atoms with Crippen LogP contribution in [-0.4, -0.2) is 85.7 Å². The van der Waals surface area contributed by atoms with Crippen molar-refractivity contribution in [2.45, 2.75) is 83.8 Å². The molecule has 2 saturated heterocycles. The zero-order valence-electron chi connectivity index (χ0n) is 25.1. The fourth-order valence-electron chi connectivity index (χ4n) is 5.62. The van der Waals surface area contributed by atoms with E-state index in [2.05, 4.69) is 42.1 Å². The van der Waals surface area contributed by atoms with Gasteiger partial charge in [-0.15, -0.1) is 15.3 Å². The number of aromatic nitrogens is 6. The summed E-state index contributed by atoms with van der Waals surface area (Å²) in [5.74, 6) is 2.27. The second-order valence-corrected chi connectivity index (χ2v) is 13.8. The Kier molecular flexibility index (Phi) is 8.24. The summed E-state index contributed by atoms with van der Waals surface area (Å²) in [6.45, 7) is 12.3. The summed E-state index contributed by atoms with van der Waals surface area (Å²) < 4.78 is 5.79. The first-order valence-electron chi connectivity index (χ1n) is 15.2. The van der Waals surface area contributed by atoms with Gasteiger partial charge in [0.1, 0.15) is 22.1 Å². The Labute approximate surface area is 251 Å². The molecule has 42 heavy (non-hydrogen) atoms. The minimum Gasteiger partial charge on any atom is -0.444 e. The lowest BCUT2D eigenvalue weighted by atomic mass is 10.0. The van der Waals surface area contributed by atoms with E-state index in [0.29, 0.717) is 5.92 Å². The number of nitrogens with zero attached hydrogens (tertiary/aromatic N) is 9. The second kappa shape index (κ2) is 12.1. The molecule has 12 heteroatoms. The van der Waals surface area contributed by atoms with E-state index in [-0.39, 0.29) is 18.1 Å². The first-order valence-corrected chi connectivity index (χ1v) is 16.0. The van der Waals surface area contributed by atoms with Gasteiger partial charge in [-0.05, 0) is 77.3 Å². The van der Waals surface area contributed by atoms with E-state index in [1.54, 1.807) is 6.20 Å². The topological polar surface area (TPSA) is 113 Å². The van der Waals surface area contributed by atoms with E-state index in [4.69, 9.17) is 9.72 Å². The maximum atomic E-state index is 13.1. The Morgan fingerprint density at radius 1 is 1.00 bits per heavy atom. The van der Waals surface area contributed by atoms with Crippen molar-refractivity contribution in [3.8, 4) is 10.7 Å². The molecule has 1 unspecified atom stereocenters. The van der Waals surface area contributed by atoms with Crippen LogP contribution in [0.1, 0.15) is 82.8 Å². The normalized spacial score (nSPS) is 20.0. The number of rotatable bonds is 8. The Hall–Kier alpha value is -3.41. The summed E-state index contributed by atoms with van der Waals surface area (Å²) in [5.41, 5.74) is 1.08. The van der Waals surface area contributed by atoms with Crippen LogP contribution in [0, 0.1) is 5.92 Å². The third-order valence-corrected chi connectivity index (χ3v) is 9.27. The number of hydrogen-bond acceptors (Lipinski definition) is 11. The second-order valence-electron chi connectivity index (χ2n) is 12.8. The van der Waals surface area contributed by atoms with Crippen molar-refractivity contribution in [3.05, 3.63) is 35.2 Å². The Balaban J connectivity index is 1.12. The van der Waals surface area contributed by atoms with E-state index in [1.165, 1.54) is 37.0 Å². The number of carbonyl (C=O) groups is 1. The van der Waals surface area contributed by atoms with Crippen LogP contribution in [-0.2, 0) is 4.74 Å². The zero-order chi connectivity index (χ0) is 29.3. The molecule has 2 aliphatic heterocycles. The molecule has 2 atom stereocenters. The first-order chi connectivity index (χ1) is 20.2. The number of hydrogen-bond donors (Lipinski definition) is 0. The highest BCUT2D eigenvalue weighted by Crippen LogP contribution is 2.33. The number of piperidine rings is 1. The molecule has 5 heterocycles. The minimum absolute atomic E-state index is 0.0529. The predicted molar refractivity (Wildman–Crippen MR) is 163 cm³/mol. The molecule has 0 spiro atoms. The molecule has 3 aromatic rings. The van der Waals surface area contributed by atoms with Gasteiger partial charge in [0.05, 0.1) is 30.0 Å². The van der Waals surface area contributed by atoms with Crippen molar-refractivity contribution in [1.29, 1.82) is 0 Å². The fraction of sp³-hybridized carbons (Fsp3) is 0.633. The highest BCUT2D eigenvalue weighted by Gasteiger charge is 2.36. The van der Waals surface area contributed by atoms with Crippen molar-refractivity contribution in [3.63, 3.8) is 0 Å². The molecule has 3 aliphatic rings. The highest BCUT2D eigenvalue weighted by molar-refractivity contribution is 7.14. The van der Waals surface area contributed by atoms with E-state index >= 15 is 0 Å². The third-order valence-electron chi connectivity index (χ3n) is 8.14. The molecular weight excluding hydrogens is 550 g/mol. The van der Waals surface area contributed by atoms with Crippen molar-refractivity contribution in [2.24, 2.45) is 5.92 Å². The Morgan fingerprint density at radius 2 is 1.79 bits per heavy atom. The van der Waals surface area contributed by atoms with Gasteiger partial charge in [-0.3, -0.25) is 4.98 Å². The standard InChI is InChI=1S/C30H41N9O2S/c1-20(27-35-36-28(42-27)24-16-31-17-26(32-24)37-13-5-6-14-37)23-11-12-25(34-33-23)38-15-7-8-22(19-38)39(18-21-9-10-21)29(40)41-30(2,3)4/h11-12,16-17,20-22H,5-10,13-15,18-19H2,1-4H3/t20?,22-/m1/s1. The van der Waals surface area contributed by atoms with E-state index in [0.717, 1.165) is 78.6 Å². The molecule has 224 valence electrons. The quantitative estimate of drug-likeness (QED) is 0.348. The number of amides is 1. The van der Waals surface area contributed by atoms with Crippen LogP contribution in [0.4, 0.5) is 16.4 Å². The lowest BCUT2D eigenvalue weighted by Crippen LogP contribution is -2.52. The van der Waals surface area contributed by atoms with Gasteiger partial charge < -0.3 is 19.4 Å². The van der Waals surface area contributed by atoms with Crippen LogP contribution in [0.2, 0.25) is 0 Å². The summed E-state index contributed by atoms with van der Waals surface area (Å²) >= 11 is 1.52. The monoisotopic (exact) mass is 591 g/mol. The van der Waals surface area contributed by atoms with E-state index in [9.17, 15) is 4.79 Å². The van der Waals surface area contributed by atoms with Crippen LogP contribution in [0.5, 0.6) is 0 Å². The summed E-state index contributed by atoms with van der Waals surface area (Å²) in [7, 11) is 0. The first kappa shape index (κ1) is 28.7. The summed E-state index contributed by atoms with van der Waals surface area (Å²) in [6.07, 6.45) is 10.1. The lowest BCUT2D eigenvalue weighted by Gasteiger charge is -2.40. The van der Waals surface area contributed by atoms with Gasteiger partial charge >= 0.3 is 6.09 Å². The molecule has 6 rings (SSSR count). The smallest absolute Gasteiger partial charge is 0.410 e. The molecule has 3 fully saturated rings. The van der Waals surface area contributed by atoms with Crippen LogP contribution >= 0.6 is 11.3 Å². The van der Waals surface area contributed by atoms with Gasteiger partial charge in [0.25, 0.3) is 0 Å². The lowest BCUT2D eigenvalue weighted by molar-refractivity contribution is 0.0134. The van der Waals surface area contributed by atoms with Gasteiger partial charge in [0, 0.05) is 32.7 Å². The summed E-state index contributed by atoms with van der Waals surface area (Å²) in [4.78, 5) is 28.8. The molecule has 1 aliphatic carbocycles. The van der Waals surface area contributed by atoms with Crippen LogP contribution in [0.15, 0.2) is 24.5 Å². The SMILES string of the molecule is CC(c1ccc(N2CCC[C@@H](N(CC3CC3)C(=O)OC(C)(C)C)C2)nn1)c1nnc(-c2cncc(N3CCCC3)n2)s1. The number of ether oxygens (including phenoxy) is 1. The molecule has 11 nitrogen and oxygen atoms in total. The van der Waals surface area contributed by atoms with Crippen molar-refractivity contribution in [2.75, 3.05) is 42.5 Å². The van der Waals surface area contributed by atoms with Gasteiger partial charge in [0.2, 0.25) is 0 Å².